The van der Waals surface area contributed by atoms with Gasteiger partial charge in [-0.3, -0.25) is 9.59 Å². The average Bonchev–Trinajstić information content (AvgIpc) is 2.74. The first-order chi connectivity index (χ1) is 9.93. The Balaban J connectivity index is 2.41. The molecule has 0 atom stereocenters. The van der Waals surface area contributed by atoms with E-state index >= 15 is 0 Å². The number of nitrogens with zero attached hydrogens (tertiary/aromatic N) is 1. The lowest BCUT2D eigenvalue weighted by molar-refractivity contribution is -0.137. The Kier molecular flexibility index (Phi) is 4.75. The van der Waals surface area contributed by atoms with Crippen LogP contribution in [0.3, 0.4) is 0 Å². The summed E-state index contributed by atoms with van der Waals surface area (Å²) in [5, 5.41) is 10.3. The summed E-state index contributed by atoms with van der Waals surface area (Å²) in [6.07, 6.45) is 0.655. The number of aliphatic carboxylic acids is 1. The van der Waals surface area contributed by atoms with Gasteiger partial charge in [-0.1, -0.05) is 30.1 Å². The van der Waals surface area contributed by atoms with Crippen molar-refractivity contribution in [3.63, 3.8) is 0 Å². The van der Waals surface area contributed by atoms with Crippen LogP contribution in [0.1, 0.15) is 23.8 Å². The highest BCUT2D eigenvalue weighted by molar-refractivity contribution is 6.39. The van der Waals surface area contributed by atoms with E-state index in [1.807, 2.05) is 6.92 Å². The molecule has 0 spiro atoms. The SMILES string of the molecule is CCCN(CC(=O)O)C(=O)c1[nH]c2ccc(Cl)cc2c1Cl. The number of carboxylic acids is 1. The molecule has 0 bridgehead atoms. The van der Waals surface area contributed by atoms with Gasteiger partial charge in [-0.05, 0) is 24.6 Å². The molecule has 2 N–H and O–H groups in total. The Hall–Kier alpha value is -1.72. The van der Waals surface area contributed by atoms with Gasteiger partial charge in [0.1, 0.15) is 12.2 Å². The number of benzene rings is 1. The fraction of sp³-hybridized carbons (Fsp3) is 0.286. The lowest BCUT2D eigenvalue weighted by Gasteiger charge is -2.19. The minimum absolute atomic E-state index is 0.184. The van der Waals surface area contributed by atoms with E-state index in [1.54, 1.807) is 18.2 Å². The molecule has 0 aliphatic heterocycles. The molecule has 21 heavy (non-hydrogen) atoms. The van der Waals surface area contributed by atoms with Gasteiger partial charge in [-0.25, -0.2) is 0 Å². The van der Waals surface area contributed by atoms with Gasteiger partial charge in [0.05, 0.1) is 5.02 Å². The standard InChI is InChI=1S/C14H14Cl2N2O3/c1-2-5-18(7-11(19)20)14(21)13-12(16)9-6-8(15)3-4-10(9)17-13/h3-4,6,17H,2,5,7H2,1H3,(H,19,20). The number of amides is 1. The van der Waals surface area contributed by atoms with Crippen LogP contribution in [0.4, 0.5) is 0 Å². The molecule has 1 amide bonds. The second-order valence-corrected chi connectivity index (χ2v) is 5.44. The largest absolute Gasteiger partial charge is 0.480 e. The van der Waals surface area contributed by atoms with E-state index in [0.29, 0.717) is 28.9 Å². The molecule has 0 aliphatic carbocycles. The average molecular weight is 329 g/mol. The van der Waals surface area contributed by atoms with E-state index in [0.717, 1.165) is 0 Å². The van der Waals surface area contributed by atoms with Crippen LogP contribution in [0, 0.1) is 0 Å². The zero-order valence-corrected chi connectivity index (χ0v) is 12.8. The van der Waals surface area contributed by atoms with Crippen molar-refractivity contribution in [3.05, 3.63) is 33.9 Å². The van der Waals surface area contributed by atoms with E-state index < -0.39 is 11.9 Å². The number of carbonyl (C=O) groups excluding carboxylic acids is 1. The number of nitrogens with one attached hydrogen (secondary N) is 1. The molecule has 1 aromatic carbocycles. The van der Waals surface area contributed by atoms with Crippen LogP contribution < -0.4 is 0 Å². The maximum atomic E-state index is 12.5. The molecule has 112 valence electrons. The Labute approximate surface area is 131 Å². The van der Waals surface area contributed by atoms with Crippen molar-refractivity contribution < 1.29 is 14.7 Å². The quantitative estimate of drug-likeness (QED) is 0.883. The van der Waals surface area contributed by atoms with Gasteiger partial charge in [0.2, 0.25) is 0 Å². The Morgan fingerprint density at radius 3 is 2.67 bits per heavy atom. The lowest BCUT2D eigenvalue weighted by Crippen LogP contribution is -2.36. The Bertz CT molecular complexity index is 697. The topological polar surface area (TPSA) is 73.4 Å². The van der Waals surface area contributed by atoms with E-state index in [2.05, 4.69) is 4.98 Å². The second-order valence-electron chi connectivity index (χ2n) is 4.62. The Morgan fingerprint density at radius 1 is 1.33 bits per heavy atom. The van der Waals surface area contributed by atoms with E-state index in [-0.39, 0.29) is 17.3 Å². The van der Waals surface area contributed by atoms with Crippen LogP contribution in [-0.2, 0) is 4.79 Å². The fourth-order valence-electron chi connectivity index (χ4n) is 2.12. The maximum absolute atomic E-state index is 12.5. The van der Waals surface area contributed by atoms with Crippen LogP contribution in [0.25, 0.3) is 10.9 Å². The second kappa shape index (κ2) is 6.37. The first-order valence-corrected chi connectivity index (χ1v) is 7.17. The summed E-state index contributed by atoms with van der Waals surface area (Å²) in [7, 11) is 0. The molecule has 0 saturated heterocycles. The smallest absolute Gasteiger partial charge is 0.323 e. The molecule has 0 unspecified atom stereocenters. The van der Waals surface area contributed by atoms with Crippen molar-refractivity contribution in [2.24, 2.45) is 0 Å². The van der Waals surface area contributed by atoms with Crippen molar-refractivity contribution in [1.29, 1.82) is 0 Å². The minimum atomic E-state index is -1.06. The lowest BCUT2D eigenvalue weighted by atomic mass is 10.2. The van der Waals surface area contributed by atoms with Gasteiger partial charge in [-0.15, -0.1) is 0 Å². The summed E-state index contributed by atoms with van der Waals surface area (Å²) >= 11 is 12.1. The number of carbonyl (C=O) groups is 2. The highest BCUT2D eigenvalue weighted by Gasteiger charge is 2.23. The van der Waals surface area contributed by atoms with Gasteiger partial charge in [0, 0.05) is 22.5 Å². The van der Waals surface area contributed by atoms with Crippen LogP contribution in [0.15, 0.2) is 18.2 Å². The van der Waals surface area contributed by atoms with Crippen LogP contribution >= 0.6 is 23.2 Å². The number of aromatic nitrogens is 1. The molecule has 1 aromatic heterocycles. The molecule has 0 radical (unpaired) electrons. The molecular formula is C14H14Cl2N2O3. The minimum Gasteiger partial charge on any atom is -0.480 e. The van der Waals surface area contributed by atoms with Crippen LogP contribution in [0.2, 0.25) is 10.0 Å². The van der Waals surface area contributed by atoms with Gasteiger partial charge >= 0.3 is 5.97 Å². The van der Waals surface area contributed by atoms with Crippen molar-refractivity contribution in [1.82, 2.24) is 9.88 Å². The molecule has 2 rings (SSSR count). The van der Waals surface area contributed by atoms with Crippen LogP contribution in [-0.4, -0.2) is 40.0 Å². The normalized spacial score (nSPS) is 10.8. The number of fused-ring (bicyclic) bond motifs is 1. The predicted molar refractivity (Wildman–Crippen MR) is 82.1 cm³/mol. The number of hydrogen-bond donors (Lipinski definition) is 2. The van der Waals surface area contributed by atoms with Crippen molar-refractivity contribution in [2.75, 3.05) is 13.1 Å². The molecule has 0 aliphatic rings. The summed E-state index contributed by atoms with van der Waals surface area (Å²) in [5.74, 6) is -1.50. The van der Waals surface area contributed by atoms with Gasteiger partial charge < -0.3 is 15.0 Å². The van der Waals surface area contributed by atoms with E-state index in [1.165, 1.54) is 4.90 Å². The number of halogens is 2. The van der Waals surface area contributed by atoms with E-state index in [4.69, 9.17) is 28.3 Å². The number of carboxylic acid groups (broad SMARTS) is 1. The predicted octanol–water partition coefficient (Wildman–Crippen LogP) is 3.41. The summed E-state index contributed by atoms with van der Waals surface area (Å²) in [6, 6.07) is 5.07. The first-order valence-electron chi connectivity index (χ1n) is 6.41. The maximum Gasteiger partial charge on any atom is 0.323 e. The number of hydrogen-bond acceptors (Lipinski definition) is 2. The zero-order chi connectivity index (χ0) is 15.6. The van der Waals surface area contributed by atoms with Crippen molar-refractivity contribution in [3.8, 4) is 0 Å². The fourth-order valence-corrected chi connectivity index (χ4v) is 2.58. The highest BCUT2D eigenvalue weighted by Crippen LogP contribution is 2.30. The zero-order valence-electron chi connectivity index (χ0n) is 11.3. The first kappa shape index (κ1) is 15.7. The van der Waals surface area contributed by atoms with Gasteiger partial charge in [-0.2, -0.15) is 0 Å². The third kappa shape index (κ3) is 3.31. The molecule has 5 nitrogen and oxygen atoms in total. The summed E-state index contributed by atoms with van der Waals surface area (Å²) < 4.78 is 0. The van der Waals surface area contributed by atoms with Crippen LogP contribution in [0.5, 0.6) is 0 Å². The van der Waals surface area contributed by atoms with Crippen molar-refractivity contribution in [2.45, 2.75) is 13.3 Å². The van der Waals surface area contributed by atoms with Crippen molar-refractivity contribution >= 4 is 46.0 Å². The Morgan fingerprint density at radius 2 is 2.05 bits per heavy atom. The number of H-pyrrole nitrogens is 1. The molecular weight excluding hydrogens is 315 g/mol. The number of aromatic amines is 1. The molecule has 2 aromatic rings. The van der Waals surface area contributed by atoms with Gasteiger partial charge in [0.25, 0.3) is 5.91 Å². The third-order valence-electron chi connectivity index (χ3n) is 3.02. The summed E-state index contributed by atoms with van der Waals surface area (Å²) in [6.45, 7) is 1.85. The molecule has 0 saturated carbocycles. The third-order valence-corrected chi connectivity index (χ3v) is 3.65. The molecule has 0 fully saturated rings. The van der Waals surface area contributed by atoms with Gasteiger partial charge in [0.15, 0.2) is 0 Å². The summed E-state index contributed by atoms with van der Waals surface area (Å²) in [5.41, 5.74) is 0.864. The monoisotopic (exact) mass is 328 g/mol. The number of rotatable bonds is 5. The summed E-state index contributed by atoms with van der Waals surface area (Å²) in [4.78, 5) is 27.5. The molecule has 7 heteroatoms. The van der Waals surface area contributed by atoms with E-state index in [9.17, 15) is 9.59 Å². The molecule has 1 heterocycles. The highest BCUT2D eigenvalue weighted by atomic mass is 35.5.